The van der Waals surface area contributed by atoms with Gasteiger partial charge in [-0.2, -0.15) is 8.42 Å². The van der Waals surface area contributed by atoms with Gasteiger partial charge in [-0.15, -0.1) is 0 Å². The zero-order chi connectivity index (χ0) is 10.8. The van der Waals surface area contributed by atoms with Crippen LogP contribution in [-0.4, -0.2) is 12.8 Å². The molecule has 14 heavy (non-hydrogen) atoms. The van der Waals surface area contributed by atoms with Crippen LogP contribution in [0.5, 0.6) is 0 Å². The number of benzene rings is 1. The molecule has 0 saturated heterocycles. The number of rotatable bonds is 2. The maximum Gasteiger partial charge on any atom is 0.278 e. The first-order valence-electron chi connectivity index (χ1n) is 3.67. The van der Waals surface area contributed by atoms with Crippen molar-refractivity contribution in [2.24, 2.45) is 4.40 Å². The highest BCUT2D eigenvalue weighted by atomic mass is 32.2. The van der Waals surface area contributed by atoms with E-state index in [0.717, 1.165) is 5.56 Å². The fourth-order valence-corrected chi connectivity index (χ4v) is 2.23. The molecule has 0 bridgehead atoms. The number of aryl methyl sites for hydroxylation is 1. The molecule has 1 aromatic carbocycles. The molecule has 0 amide bonds. The van der Waals surface area contributed by atoms with Gasteiger partial charge in [0.2, 0.25) is 0 Å². The highest BCUT2D eigenvalue weighted by Crippen LogP contribution is 2.12. The van der Waals surface area contributed by atoms with Crippen molar-refractivity contribution in [1.82, 2.24) is 0 Å². The molecule has 0 unspecified atom stereocenters. The van der Waals surface area contributed by atoms with Gasteiger partial charge in [-0.3, -0.25) is 0 Å². The van der Waals surface area contributed by atoms with Crippen LogP contribution in [0.1, 0.15) is 5.56 Å². The second-order valence-electron chi connectivity index (χ2n) is 2.65. The minimum Gasteiger partial charge on any atom is -0.788 e. The van der Waals surface area contributed by atoms with E-state index in [0.29, 0.717) is 0 Å². The van der Waals surface area contributed by atoms with Crippen molar-refractivity contribution in [3.8, 4) is 0 Å². The summed E-state index contributed by atoms with van der Waals surface area (Å²) in [6.45, 7) is 1.87. The van der Waals surface area contributed by atoms with Crippen LogP contribution in [0.25, 0.3) is 0 Å². The summed E-state index contributed by atoms with van der Waals surface area (Å²) in [6.07, 6.45) is 0. The molecular formula is C8H7NO2S3-2. The molecule has 0 aromatic heterocycles. The first-order chi connectivity index (χ1) is 6.42. The van der Waals surface area contributed by atoms with Gasteiger partial charge in [0.1, 0.15) is 0 Å². The molecule has 6 heteroatoms. The van der Waals surface area contributed by atoms with Crippen LogP contribution in [-0.2, 0) is 35.3 Å². The topological polar surface area (TPSA) is 46.5 Å². The number of nitrogens with zero attached hydrogens (tertiary/aromatic N) is 1. The van der Waals surface area contributed by atoms with Crippen molar-refractivity contribution < 1.29 is 8.42 Å². The summed E-state index contributed by atoms with van der Waals surface area (Å²) in [5.41, 5.74) is 0.977. The maximum absolute atomic E-state index is 11.4. The molecule has 0 heterocycles. The number of hydrogen-bond acceptors (Lipinski definition) is 4. The normalized spacial score (nSPS) is 10.9. The van der Waals surface area contributed by atoms with Crippen LogP contribution < -0.4 is 0 Å². The lowest BCUT2D eigenvalue weighted by Crippen LogP contribution is -2.00. The van der Waals surface area contributed by atoms with E-state index in [4.69, 9.17) is 0 Å². The predicted octanol–water partition coefficient (Wildman–Crippen LogP) is 1.13. The van der Waals surface area contributed by atoms with E-state index in [1.54, 1.807) is 12.1 Å². The summed E-state index contributed by atoms with van der Waals surface area (Å²) >= 11 is 8.88. The van der Waals surface area contributed by atoms with E-state index >= 15 is 0 Å². The Balaban J connectivity index is 3.18. The SMILES string of the molecule is Cc1ccc(S(=O)(=O)N=C([S-])[S-])cc1. The van der Waals surface area contributed by atoms with E-state index < -0.39 is 10.0 Å². The van der Waals surface area contributed by atoms with E-state index in [1.165, 1.54) is 12.1 Å². The van der Waals surface area contributed by atoms with Gasteiger partial charge in [-0.05, 0) is 19.1 Å². The van der Waals surface area contributed by atoms with E-state index in [-0.39, 0.29) is 9.27 Å². The third kappa shape index (κ3) is 2.90. The Labute approximate surface area is 94.1 Å². The van der Waals surface area contributed by atoms with E-state index in [9.17, 15) is 8.42 Å². The Bertz CT molecular complexity index is 444. The summed E-state index contributed by atoms with van der Waals surface area (Å²) in [5.74, 6) is 0. The Morgan fingerprint density at radius 1 is 1.21 bits per heavy atom. The van der Waals surface area contributed by atoms with Crippen LogP contribution in [0.15, 0.2) is 33.6 Å². The Morgan fingerprint density at radius 3 is 2.14 bits per heavy atom. The molecule has 0 fully saturated rings. The lowest BCUT2D eigenvalue weighted by molar-refractivity contribution is 0.598. The molecule has 0 saturated carbocycles. The molecule has 0 spiro atoms. The molecule has 0 atom stereocenters. The number of hydrogen-bond donors (Lipinski definition) is 0. The minimum absolute atomic E-state index is 0.107. The summed E-state index contributed by atoms with van der Waals surface area (Å²) in [7, 11) is -3.70. The smallest absolute Gasteiger partial charge is 0.278 e. The lowest BCUT2D eigenvalue weighted by Gasteiger charge is -2.15. The zero-order valence-electron chi connectivity index (χ0n) is 7.30. The van der Waals surface area contributed by atoms with Crippen molar-refractivity contribution in [3.63, 3.8) is 0 Å². The fourth-order valence-electron chi connectivity index (χ4n) is 0.861. The maximum atomic E-state index is 11.4. The van der Waals surface area contributed by atoms with Crippen LogP contribution in [0, 0.1) is 6.92 Å². The number of sulfonamides is 1. The first kappa shape index (κ1) is 11.4. The van der Waals surface area contributed by atoms with Gasteiger partial charge >= 0.3 is 0 Å². The zero-order valence-corrected chi connectivity index (χ0v) is 9.75. The summed E-state index contributed by atoms with van der Waals surface area (Å²) in [5, 5.41) is 0. The standard InChI is InChI=1S/C8H9NO2S3/c1-6-2-4-7(5-3-6)14(10,11)9-8(12)13/h2-5H,1H3,(H2,9,12,13)/p-2. The summed E-state index contributed by atoms with van der Waals surface area (Å²) in [4.78, 5) is 0.107. The molecule has 0 aliphatic heterocycles. The summed E-state index contributed by atoms with van der Waals surface area (Å²) in [6, 6.07) is 6.33. The van der Waals surface area contributed by atoms with Crippen LogP contribution in [0.4, 0.5) is 0 Å². The van der Waals surface area contributed by atoms with Crippen molar-refractivity contribution >= 4 is 39.7 Å². The van der Waals surface area contributed by atoms with Gasteiger partial charge in [0.05, 0.1) is 4.90 Å². The largest absolute Gasteiger partial charge is 0.788 e. The molecule has 3 nitrogen and oxygen atoms in total. The van der Waals surface area contributed by atoms with Gasteiger partial charge in [0.25, 0.3) is 10.0 Å². The van der Waals surface area contributed by atoms with Crippen LogP contribution in [0.2, 0.25) is 0 Å². The van der Waals surface area contributed by atoms with Crippen molar-refractivity contribution in [2.75, 3.05) is 0 Å². The highest BCUT2D eigenvalue weighted by Gasteiger charge is 2.08. The van der Waals surface area contributed by atoms with Crippen molar-refractivity contribution in [3.05, 3.63) is 29.8 Å². The van der Waals surface area contributed by atoms with E-state index in [1.807, 2.05) is 6.92 Å². The minimum atomic E-state index is -3.70. The molecule has 1 aromatic rings. The van der Waals surface area contributed by atoms with Crippen molar-refractivity contribution in [1.29, 1.82) is 0 Å². The van der Waals surface area contributed by atoms with E-state index in [2.05, 4.69) is 29.7 Å². The molecule has 0 aliphatic carbocycles. The quantitative estimate of drug-likeness (QED) is 0.445. The highest BCUT2D eigenvalue weighted by molar-refractivity contribution is 8.06. The second kappa shape index (κ2) is 4.20. The van der Waals surface area contributed by atoms with Gasteiger partial charge in [0, 0.05) is 0 Å². The molecule has 0 aliphatic rings. The Morgan fingerprint density at radius 2 is 1.71 bits per heavy atom. The van der Waals surface area contributed by atoms with Gasteiger partial charge < -0.3 is 25.3 Å². The third-order valence-corrected chi connectivity index (χ3v) is 3.22. The molecule has 0 radical (unpaired) electrons. The Kier molecular flexibility index (Phi) is 3.41. The molecule has 1 rings (SSSR count). The molecule has 76 valence electrons. The Hall–Kier alpha value is -0.720. The molecule has 0 N–H and O–H groups in total. The fraction of sp³-hybridized carbons (Fsp3) is 0.125. The van der Waals surface area contributed by atoms with Crippen LogP contribution >= 0.6 is 0 Å². The second-order valence-corrected chi connectivity index (χ2v) is 5.28. The average molecular weight is 245 g/mol. The average Bonchev–Trinajstić information content (AvgIpc) is 2.02. The van der Waals surface area contributed by atoms with Gasteiger partial charge in [-0.25, -0.2) is 8.77 Å². The third-order valence-electron chi connectivity index (χ3n) is 1.51. The lowest BCUT2D eigenvalue weighted by atomic mass is 10.2. The van der Waals surface area contributed by atoms with Gasteiger partial charge in [-0.1, -0.05) is 17.7 Å². The summed E-state index contributed by atoms with van der Waals surface area (Å²) < 4.78 is 25.8. The van der Waals surface area contributed by atoms with Gasteiger partial charge in [0.15, 0.2) is 0 Å². The monoisotopic (exact) mass is 245 g/mol. The van der Waals surface area contributed by atoms with Crippen molar-refractivity contribution in [2.45, 2.75) is 11.8 Å². The molecular weight excluding hydrogens is 238 g/mol. The first-order valence-corrected chi connectivity index (χ1v) is 5.93. The predicted molar refractivity (Wildman–Crippen MR) is 60.5 cm³/mol. The van der Waals surface area contributed by atoms with Crippen LogP contribution in [0.3, 0.4) is 0 Å².